The number of likely N-dealkylation sites (tertiary alicyclic amines) is 1. The number of rotatable bonds is 5. The fourth-order valence-electron chi connectivity index (χ4n) is 6.71. The maximum absolute atomic E-state index is 15.1. The van der Waals surface area contributed by atoms with Crippen LogP contribution in [0.1, 0.15) is 49.8 Å². The lowest BCUT2D eigenvalue weighted by atomic mass is 9.66. The molecule has 2 aromatic rings. The van der Waals surface area contributed by atoms with Gasteiger partial charge in [-0.05, 0) is 68.9 Å². The summed E-state index contributed by atoms with van der Waals surface area (Å²) in [6.07, 6.45) is -3.39. The molecule has 0 radical (unpaired) electrons. The predicted molar refractivity (Wildman–Crippen MR) is 147 cm³/mol. The Labute approximate surface area is 237 Å². The number of anilines is 1. The lowest BCUT2D eigenvalue weighted by molar-refractivity contribution is -0.228. The molecule has 0 N–H and O–H groups in total. The van der Waals surface area contributed by atoms with E-state index in [2.05, 4.69) is 0 Å². The first-order chi connectivity index (χ1) is 18.7. The van der Waals surface area contributed by atoms with Crippen LogP contribution in [-0.4, -0.2) is 62.6 Å². The molecular formula is C29H33ClF4N2O3S. The summed E-state index contributed by atoms with van der Waals surface area (Å²) in [7, 11) is -3.13. The molecule has 0 aliphatic carbocycles. The average molecular weight is 601 g/mol. The van der Waals surface area contributed by atoms with E-state index >= 15 is 4.39 Å². The van der Waals surface area contributed by atoms with Crippen LogP contribution in [0.5, 0.6) is 0 Å². The quantitative estimate of drug-likeness (QED) is 0.405. The fourth-order valence-corrected chi connectivity index (χ4v) is 8.33. The van der Waals surface area contributed by atoms with Crippen molar-refractivity contribution in [1.82, 2.24) is 4.90 Å². The van der Waals surface area contributed by atoms with Crippen LogP contribution in [0.4, 0.5) is 23.2 Å². The van der Waals surface area contributed by atoms with Gasteiger partial charge in [0.05, 0.1) is 17.5 Å². The van der Waals surface area contributed by atoms with Crippen LogP contribution < -0.4 is 4.90 Å². The van der Waals surface area contributed by atoms with Crippen LogP contribution in [0.25, 0.3) is 0 Å². The van der Waals surface area contributed by atoms with Crippen LogP contribution in [0, 0.1) is 5.92 Å². The third-order valence-electron chi connectivity index (χ3n) is 9.16. The Kier molecular flexibility index (Phi) is 7.43. The van der Waals surface area contributed by atoms with E-state index in [9.17, 15) is 26.4 Å². The van der Waals surface area contributed by atoms with Gasteiger partial charge in [-0.2, -0.15) is 13.2 Å². The number of benzene rings is 2. The molecule has 40 heavy (non-hydrogen) atoms. The molecule has 0 spiro atoms. The van der Waals surface area contributed by atoms with Gasteiger partial charge in [-0.15, -0.1) is 0 Å². The van der Waals surface area contributed by atoms with Gasteiger partial charge in [-0.25, -0.2) is 12.8 Å². The standard InChI is InChI=1S/C29H33ClF4N2O3S/c1-3-35-18-25-28(17-19-4-7-22(30)8-5-19,12-13-36(25)26(37)20-10-14-40(38,39)15-11-20)23-9-6-21(16-24(23)35)27(2,31)29(32,33)34/h4-9,16,20,25H,3,10-15,17-18H2,1-2H3. The van der Waals surface area contributed by atoms with Gasteiger partial charge in [0.15, 0.2) is 0 Å². The summed E-state index contributed by atoms with van der Waals surface area (Å²) in [5.41, 5.74) is -2.26. The minimum Gasteiger partial charge on any atom is -0.369 e. The van der Waals surface area contributed by atoms with Gasteiger partial charge in [-0.1, -0.05) is 35.9 Å². The second-order valence-corrected chi connectivity index (χ2v) is 14.2. The largest absolute Gasteiger partial charge is 0.426 e. The molecule has 3 heterocycles. The molecule has 2 saturated heterocycles. The Morgan fingerprint density at radius 3 is 2.33 bits per heavy atom. The van der Waals surface area contributed by atoms with E-state index in [1.54, 1.807) is 18.2 Å². The number of amides is 1. The molecule has 5 rings (SSSR count). The van der Waals surface area contributed by atoms with Gasteiger partial charge in [0.25, 0.3) is 0 Å². The van der Waals surface area contributed by atoms with E-state index < -0.39 is 32.7 Å². The summed E-state index contributed by atoms with van der Waals surface area (Å²) in [5, 5.41) is 0.577. The summed E-state index contributed by atoms with van der Waals surface area (Å²) in [6.45, 7) is 3.71. The van der Waals surface area contributed by atoms with Crippen molar-refractivity contribution in [2.75, 3.05) is 36.0 Å². The zero-order valence-corrected chi connectivity index (χ0v) is 24.0. The molecule has 0 bridgehead atoms. The zero-order chi connectivity index (χ0) is 29.1. The number of sulfone groups is 1. The van der Waals surface area contributed by atoms with Crippen LogP contribution in [0.15, 0.2) is 42.5 Å². The normalized spacial score (nSPS) is 26.2. The van der Waals surface area contributed by atoms with E-state index in [1.165, 1.54) is 12.1 Å². The number of fused-ring (bicyclic) bond motifs is 3. The number of carbonyl (C=O) groups excluding carboxylic acids is 1. The van der Waals surface area contributed by atoms with Crippen molar-refractivity contribution in [1.29, 1.82) is 0 Å². The summed E-state index contributed by atoms with van der Waals surface area (Å²) in [4.78, 5) is 17.6. The van der Waals surface area contributed by atoms with E-state index in [-0.39, 0.29) is 29.4 Å². The molecule has 0 aromatic heterocycles. The SMILES string of the molecule is CCN1CC2N(C(=O)C3CCS(=O)(=O)CC3)CCC2(Cc2ccc(Cl)cc2)c2ccc(C(C)(F)C(F)(F)F)cc21. The minimum atomic E-state index is -5.07. The zero-order valence-electron chi connectivity index (χ0n) is 22.5. The number of carbonyl (C=O) groups is 1. The van der Waals surface area contributed by atoms with Crippen molar-refractivity contribution >= 4 is 33.0 Å². The minimum absolute atomic E-state index is 0.00820. The van der Waals surface area contributed by atoms with Gasteiger partial charge in [0.1, 0.15) is 9.84 Å². The number of hydrogen-bond donors (Lipinski definition) is 0. The molecule has 3 aliphatic heterocycles. The molecular weight excluding hydrogens is 568 g/mol. The molecule has 1 amide bonds. The van der Waals surface area contributed by atoms with Gasteiger partial charge < -0.3 is 9.80 Å². The van der Waals surface area contributed by atoms with Crippen LogP contribution in [0.3, 0.4) is 0 Å². The second kappa shape index (κ2) is 10.2. The average Bonchev–Trinajstić information content (AvgIpc) is 3.27. The monoisotopic (exact) mass is 600 g/mol. The highest BCUT2D eigenvalue weighted by Gasteiger charge is 2.57. The second-order valence-electron chi connectivity index (χ2n) is 11.5. The summed E-state index contributed by atoms with van der Waals surface area (Å²) in [5.74, 6) is -0.465. The first kappa shape index (κ1) is 29.2. The van der Waals surface area contributed by atoms with Crippen LogP contribution >= 0.6 is 11.6 Å². The highest BCUT2D eigenvalue weighted by molar-refractivity contribution is 7.91. The van der Waals surface area contributed by atoms with Crippen molar-refractivity contribution in [2.24, 2.45) is 5.92 Å². The Balaban J connectivity index is 1.59. The van der Waals surface area contributed by atoms with E-state index in [0.29, 0.717) is 63.0 Å². The van der Waals surface area contributed by atoms with Crippen molar-refractivity contribution in [3.63, 3.8) is 0 Å². The first-order valence-electron chi connectivity index (χ1n) is 13.6. The molecule has 3 unspecified atom stereocenters. The maximum atomic E-state index is 15.1. The topological polar surface area (TPSA) is 57.7 Å². The predicted octanol–water partition coefficient (Wildman–Crippen LogP) is 5.83. The van der Waals surface area contributed by atoms with Gasteiger partial charge >= 0.3 is 6.18 Å². The molecule has 5 nitrogen and oxygen atoms in total. The van der Waals surface area contributed by atoms with Crippen molar-refractivity contribution < 1.29 is 30.8 Å². The summed E-state index contributed by atoms with van der Waals surface area (Å²) in [6, 6.07) is 11.3. The lowest BCUT2D eigenvalue weighted by Crippen LogP contribution is -2.57. The summed E-state index contributed by atoms with van der Waals surface area (Å²) < 4.78 is 79.9. The van der Waals surface area contributed by atoms with E-state index in [0.717, 1.165) is 11.1 Å². The number of halogens is 5. The molecule has 2 aromatic carbocycles. The first-order valence-corrected chi connectivity index (χ1v) is 15.8. The van der Waals surface area contributed by atoms with Crippen LogP contribution in [0.2, 0.25) is 5.02 Å². The van der Waals surface area contributed by atoms with Gasteiger partial charge in [0, 0.05) is 47.2 Å². The molecule has 0 saturated carbocycles. The van der Waals surface area contributed by atoms with E-state index in [4.69, 9.17) is 11.6 Å². The Morgan fingerprint density at radius 1 is 1.07 bits per heavy atom. The van der Waals surface area contributed by atoms with Crippen LogP contribution in [-0.2, 0) is 32.1 Å². The molecule has 3 atom stereocenters. The molecule has 218 valence electrons. The fraction of sp³-hybridized carbons (Fsp3) is 0.552. The molecule has 2 fully saturated rings. The molecule has 3 aliphatic rings. The number of hydrogen-bond acceptors (Lipinski definition) is 4. The Morgan fingerprint density at radius 2 is 1.73 bits per heavy atom. The molecule has 11 heteroatoms. The Hall–Kier alpha value is -2.33. The Bertz CT molecular complexity index is 1380. The highest BCUT2D eigenvalue weighted by atomic mass is 35.5. The smallest absolute Gasteiger partial charge is 0.369 e. The number of nitrogens with zero attached hydrogens (tertiary/aromatic N) is 2. The number of alkyl halides is 4. The number of likely N-dealkylation sites (N-methyl/N-ethyl adjacent to an activating group) is 1. The van der Waals surface area contributed by atoms with Crippen molar-refractivity contribution in [3.8, 4) is 0 Å². The van der Waals surface area contributed by atoms with E-state index in [1.807, 2.05) is 28.9 Å². The van der Waals surface area contributed by atoms with Gasteiger partial charge in [0.2, 0.25) is 11.6 Å². The maximum Gasteiger partial charge on any atom is 0.426 e. The lowest BCUT2D eigenvalue weighted by Gasteiger charge is -2.49. The van der Waals surface area contributed by atoms with Crippen molar-refractivity contribution in [3.05, 3.63) is 64.2 Å². The van der Waals surface area contributed by atoms with Crippen molar-refractivity contribution in [2.45, 2.75) is 62.8 Å². The highest BCUT2D eigenvalue weighted by Crippen LogP contribution is 2.52. The third kappa shape index (κ3) is 4.99. The third-order valence-corrected chi connectivity index (χ3v) is 11.1. The summed E-state index contributed by atoms with van der Waals surface area (Å²) >= 11 is 6.12. The van der Waals surface area contributed by atoms with Gasteiger partial charge in [-0.3, -0.25) is 4.79 Å².